The Morgan fingerprint density at radius 3 is 2.50 bits per heavy atom. The van der Waals surface area contributed by atoms with E-state index in [4.69, 9.17) is 5.11 Å². The quantitative estimate of drug-likeness (QED) is 0.746. The van der Waals surface area contributed by atoms with E-state index >= 15 is 0 Å². The van der Waals surface area contributed by atoms with E-state index in [0.717, 1.165) is 24.7 Å². The molecule has 2 aliphatic carbocycles. The van der Waals surface area contributed by atoms with Gasteiger partial charge in [0.2, 0.25) is 0 Å². The van der Waals surface area contributed by atoms with Gasteiger partial charge in [-0.05, 0) is 56.3 Å². The van der Waals surface area contributed by atoms with Crippen LogP contribution in [0, 0.1) is 23.7 Å². The minimum absolute atomic E-state index is 0.294. The molecular formula is C12H20O2. The van der Waals surface area contributed by atoms with Gasteiger partial charge in [-0.25, -0.2) is 0 Å². The van der Waals surface area contributed by atoms with Crippen LogP contribution in [0.4, 0.5) is 0 Å². The molecule has 4 atom stereocenters. The Morgan fingerprint density at radius 2 is 1.93 bits per heavy atom. The number of carbonyl (C=O) groups is 1. The SMILES string of the molecule is CC(=O)C[C@@H]1[C@@H]2CC[C@@H](C2)[C@@H]1CCO. The molecule has 0 amide bonds. The molecule has 14 heavy (non-hydrogen) atoms. The molecule has 0 saturated heterocycles. The summed E-state index contributed by atoms with van der Waals surface area (Å²) in [6, 6.07) is 0. The fourth-order valence-corrected chi connectivity index (χ4v) is 3.78. The minimum atomic E-state index is 0.294. The molecule has 2 fully saturated rings. The van der Waals surface area contributed by atoms with Crippen LogP contribution in [0.1, 0.15) is 39.0 Å². The van der Waals surface area contributed by atoms with E-state index in [2.05, 4.69) is 0 Å². The number of hydrogen-bond acceptors (Lipinski definition) is 2. The van der Waals surface area contributed by atoms with Crippen LogP contribution in [0.2, 0.25) is 0 Å². The maximum Gasteiger partial charge on any atom is 0.130 e. The van der Waals surface area contributed by atoms with Crippen molar-refractivity contribution < 1.29 is 9.90 Å². The van der Waals surface area contributed by atoms with Gasteiger partial charge in [0, 0.05) is 13.0 Å². The second kappa shape index (κ2) is 4.01. The van der Waals surface area contributed by atoms with Crippen LogP contribution in [0.5, 0.6) is 0 Å². The van der Waals surface area contributed by atoms with Crippen molar-refractivity contribution in [2.75, 3.05) is 6.61 Å². The predicted octanol–water partition coefficient (Wildman–Crippen LogP) is 2.01. The molecule has 1 N–H and O–H groups in total. The first-order valence-electron chi connectivity index (χ1n) is 5.82. The standard InChI is InChI=1S/C12H20O2/c1-8(14)6-12-10-3-2-9(7-10)11(12)4-5-13/h9-13H,2-7H2,1H3/t9-,10+,11-,12+/m0/s1. The number of Topliss-reactive ketones (excluding diaryl/α,β-unsaturated/α-hetero) is 1. The monoisotopic (exact) mass is 196 g/mol. The van der Waals surface area contributed by atoms with Gasteiger partial charge in [-0.1, -0.05) is 0 Å². The number of fused-ring (bicyclic) bond motifs is 2. The first-order chi connectivity index (χ1) is 6.72. The fraction of sp³-hybridized carbons (Fsp3) is 0.917. The summed E-state index contributed by atoms with van der Waals surface area (Å²) < 4.78 is 0. The largest absolute Gasteiger partial charge is 0.396 e. The summed E-state index contributed by atoms with van der Waals surface area (Å²) in [6.07, 6.45) is 5.65. The van der Waals surface area contributed by atoms with Gasteiger partial charge in [0.05, 0.1) is 0 Å². The lowest BCUT2D eigenvalue weighted by Gasteiger charge is -2.30. The first kappa shape index (κ1) is 10.2. The predicted molar refractivity (Wildman–Crippen MR) is 54.8 cm³/mol. The van der Waals surface area contributed by atoms with E-state index in [1.807, 2.05) is 0 Å². The molecule has 2 saturated carbocycles. The highest BCUT2D eigenvalue weighted by Crippen LogP contribution is 2.54. The lowest BCUT2D eigenvalue weighted by atomic mass is 9.75. The van der Waals surface area contributed by atoms with Crippen LogP contribution in [0.3, 0.4) is 0 Å². The van der Waals surface area contributed by atoms with E-state index in [1.54, 1.807) is 6.92 Å². The Bertz CT molecular complexity index is 224. The van der Waals surface area contributed by atoms with Gasteiger partial charge in [-0.15, -0.1) is 0 Å². The van der Waals surface area contributed by atoms with E-state index in [-0.39, 0.29) is 0 Å². The van der Waals surface area contributed by atoms with Crippen molar-refractivity contribution in [1.29, 1.82) is 0 Å². The van der Waals surface area contributed by atoms with E-state index < -0.39 is 0 Å². The Balaban J connectivity index is 2.01. The average molecular weight is 196 g/mol. The summed E-state index contributed by atoms with van der Waals surface area (Å²) in [7, 11) is 0. The molecule has 2 aliphatic rings. The molecule has 2 rings (SSSR count). The molecule has 0 aliphatic heterocycles. The molecular weight excluding hydrogens is 176 g/mol. The Morgan fingerprint density at radius 1 is 1.29 bits per heavy atom. The van der Waals surface area contributed by atoms with E-state index in [9.17, 15) is 4.79 Å². The van der Waals surface area contributed by atoms with Gasteiger partial charge >= 0.3 is 0 Å². The molecule has 0 heterocycles. The third kappa shape index (κ3) is 1.72. The second-order valence-corrected chi connectivity index (χ2v) is 5.08. The molecule has 80 valence electrons. The van der Waals surface area contributed by atoms with Crippen LogP contribution in [0.15, 0.2) is 0 Å². The Labute approximate surface area is 85.7 Å². The molecule has 2 heteroatoms. The average Bonchev–Trinajstić information content (AvgIpc) is 2.68. The van der Waals surface area contributed by atoms with Crippen molar-refractivity contribution in [3.63, 3.8) is 0 Å². The number of ketones is 1. The van der Waals surface area contributed by atoms with Gasteiger partial charge in [-0.2, -0.15) is 0 Å². The number of carbonyl (C=O) groups excluding carboxylic acids is 1. The molecule has 2 nitrogen and oxygen atoms in total. The zero-order valence-electron chi connectivity index (χ0n) is 8.91. The summed E-state index contributed by atoms with van der Waals surface area (Å²) in [6.45, 7) is 1.99. The van der Waals surface area contributed by atoms with Crippen LogP contribution in [-0.4, -0.2) is 17.5 Å². The van der Waals surface area contributed by atoms with Crippen LogP contribution in [-0.2, 0) is 4.79 Å². The molecule has 0 aromatic carbocycles. The molecule has 0 spiro atoms. The van der Waals surface area contributed by atoms with Gasteiger partial charge in [0.1, 0.15) is 5.78 Å². The fourth-order valence-electron chi connectivity index (χ4n) is 3.78. The summed E-state index contributed by atoms with van der Waals surface area (Å²) in [5, 5.41) is 9.02. The van der Waals surface area contributed by atoms with Crippen LogP contribution >= 0.6 is 0 Å². The zero-order chi connectivity index (χ0) is 10.1. The first-order valence-corrected chi connectivity index (χ1v) is 5.82. The Hall–Kier alpha value is -0.370. The van der Waals surface area contributed by atoms with Crippen molar-refractivity contribution >= 4 is 5.78 Å². The number of rotatable bonds is 4. The highest BCUT2D eigenvalue weighted by atomic mass is 16.3. The molecule has 2 bridgehead atoms. The van der Waals surface area contributed by atoms with E-state index in [0.29, 0.717) is 24.2 Å². The van der Waals surface area contributed by atoms with Gasteiger partial charge < -0.3 is 9.90 Å². The zero-order valence-corrected chi connectivity index (χ0v) is 8.91. The second-order valence-electron chi connectivity index (χ2n) is 5.08. The lowest BCUT2D eigenvalue weighted by molar-refractivity contribution is -0.118. The highest BCUT2D eigenvalue weighted by molar-refractivity contribution is 5.75. The number of hydrogen-bond donors (Lipinski definition) is 1. The number of aliphatic hydroxyl groups is 1. The maximum atomic E-state index is 11.2. The molecule has 0 aromatic heterocycles. The van der Waals surface area contributed by atoms with Crippen molar-refractivity contribution in [1.82, 2.24) is 0 Å². The third-order valence-corrected chi connectivity index (χ3v) is 4.26. The molecule has 0 radical (unpaired) electrons. The van der Waals surface area contributed by atoms with E-state index in [1.165, 1.54) is 19.3 Å². The summed E-state index contributed by atoms with van der Waals surface area (Å²) in [5.74, 6) is 3.17. The van der Waals surface area contributed by atoms with Gasteiger partial charge in [0.15, 0.2) is 0 Å². The normalized spacial score (nSPS) is 40.4. The van der Waals surface area contributed by atoms with Crippen LogP contribution < -0.4 is 0 Å². The maximum absolute atomic E-state index is 11.2. The third-order valence-electron chi connectivity index (χ3n) is 4.26. The lowest BCUT2D eigenvalue weighted by Crippen LogP contribution is -2.25. The highest BCUT2D eigenvalue weighted by Gasteiger charge is 2.46. The molecule has 0 unspecified atom stereocenters. The van der Waals surface area contributed by atoms with Gasteiger partial charge in [0.25, 0.3) is 0 Å². The van der Waals surface area contributed by atoms with Gasteiger partial charge in [-0.3, -0.25) is 0 Å². The Kier molecular flexibility index (Phi) is 2.91. The van der Waals surface area contributed by atoms with Crippen LogP contribution in [0.25, 0.3) is 0 Å². The summed E-state index contributed by atoms with van der Waals surface area (Å²) in [5.41, 5.74) is 0. The topological polar surface area (TPSA) is 37.3 Å². The van der Waals surface area contributed by atoms with Crippen molar-refractivity contribution in [3.8, 4) is 0 Å². The van der Waals surface area contributed by atoms with Crippen molar-refractivity contribution in [2.24, 2.45) is 23.7 Å². The summed E-state index contributed by atoms with van der Waals surface area (Å²) in [4.78, 5) is 11.2. The number of aliphatic hydroxyl groups excluding tert-OH is 1. The van der Waals surface area contributed by atoms with Crippen molar-refractivity contribution in [3.05, 3.63) is 0 Å². The smallest absolute Gasteiger partial charge is 0.130 e. The molecule has 0 aromatic rings. The minimum Gasteiger partial charge on any atom is -0.396 e. The summed E-state index contributed by atoms with van der Waals surface area (Å²) >= 11 is 0. The van der Waals surface area contributed by atoms with Crippen molar-refractivity contribution in [2.45, 2.75) is 39.0 Å².